The van der Waals surface area contributed by atoms with Crippen molar-refractivity contribution in [3.8, 4) is 11.3 Å². The van der Waals surface area contributed by atoms with Crippen LogP contribution in [0, 0.1) is 24.0 Å². The molecule has 0 unspecified atom stereocenters. The van der Waals surface area contributed by atoms with Crippen molar-refractivity contribution in [1.29, 1.82) is 0 Å². The van der Waals surface area contributed by atoms with Gasteiger partial charge in [0.1, 0.15) is 16.1 Å². The lowest BCUT2D eigenvalue weighted by atomic mass is 10.1. The number of nitrogens with zero attached hydrogens (tertiary/aromatic N) is 3. The number of benzene rings is 2. The van der Waals surface area contributed by atoms with Gasteiger partial charge < -0.3 is 4.42 Å². The molecule has 30 heavy (non-hydrogen) atoms. The lowest BCUT2D eigenvalue weighted by molar-refractivity contribution is -0.384. The molecular formula is C22H15N3O4S. The maximum absolute atomic E-state index is 13.0. The van der Waals surface area contributed by atoms with Crippen LogP contribution in [0.15, 0.2) is 57.7 Å². The third kappa shape index (κ3) is 2.89. The van der Waals surface area contributed by atoms with Gasteiger partial charge in [0.25, 0.3) is 11.2 Å². The summed E-state index contributed by atoms with van der Waals surface area (Å²) < 4.78 is 7.96. The molecule has 5 aromatic rings. The number of rotatable bonds is 3. The van der Waals surface area contributed by atoms with E-state index in [9.17, 15) is 14.9 Å². The van der Waals surface area contributed by atoms with Crippen molar-refractivity contribution in [3.63, 3.8) is 0 Å². The van der Waals surface area contributed by atoms with Crippen LogP contribution in [0.25, 0.3) is 33.4 Å². The van der Waals surface area contributed by atoms with Gasteiger partial charge in [-0.25, -0.2) is 9.38 Å². The Bertz CT molecular complexity index is 1580. The molecule has 5 rings (SSSR count). The first kappa shape index (κ1) is 18.3. The highest BCUT2D eigenvalue weighted by Crippen LogP contribution is 2.26. The first-order valence-electron chi connectivity index (χ1n) is 9.19. The minimum absolute atomic E-state index is 0.00633. The number of aromatic nitrogens is 2. The van der Waals surface area contributed by atoms with E-state index in [0.717, 1.165) is 22.2 Å². The van der Waals surface area contributed by atoms with Crippen molar-refractivity contribution >= 4 is 39.1 Å². The van der Waals surface area contributed by atoms with Gasteiger partial charge in [0, 0.05) is 23.8 Å². The number of fused-ring (bicyclic) bond motifs is 3. The van der Waals surface area contributed by atoms with Crippen LogP contribution < -0.4 is 10.1 Å². The van der Waals surface area contributed by atoms with Crippen LogP contribution in [-0.2, 0) is 0 Å². The van der Waals surface area contributed by atoms with Crippen LogP contribution in [0.5, 0.6) is 0 Å². The molecule has 0 amide bonds. The van der Waals surface area contributed by atoms with E-state index in [1.807, 2.05) is 26.0 Å². The summed E-state index contributed by atoms with van der Waals surface area (Å²) in [6.45, 7) is 4.03. The second-order valence-electron chi connectivity index (χ2n) is 7.08. The Morgan fingerprint density at radius 1 is 1.13 bits per heavy atom. The van der Waals surface area contributed by atoms with Crippen LogP contribution in [-0.4, -0.2) is 14.3 Å². The summed E-state index contributed by atoms with van der Waals surface area (Å²) in [4.78, 5) is 28.7. The molecule has 0 spiro atoms. The Hall–Kier alpha value is -3.78. The van der Waals surface area contributed by atoms with E-state index in [1.165, 1.54) is 23.5 Å². The fourth-order valence-corrected chi connectivity index (χ4v) is 4.37. The first-order chi connectivity index (χ1) is 14.4. The lowest BCUT2D eigenvalue weighted by Crippen LogP contribution is -2.22. The Morgan fingerprint density at radius 2 is 1.93 bits per heavy atom. The van der Waals surface area contributed by atoms with Crippen molar-refractivity contribution < 1.29 is 9.34 Å². The van der Waals surface area contributed by atoms with E-state index in [2.05, 4.69) is 4.98 Å². The Morgan fingerprint density at radius 3 is 2.73 bits per heavy atom. The number of aryl methyl sites for hydroxylation is 2. The molecule has 148 valence electrons. The Balaban J connectivity index is 1.60. The normalized spacial score (nSPS) is 12.3. The SMILES string of the molecule is Cc1cc2nc3sc(=Cc4ccc(-c5cccc([N+](=O)[O-])c5)o4)c(=O)n3c2cc1C. The Kier molecular flexibility index (Phi) is 4.04. The van der Waals surface area contributed by atoms with E-state index in [4.69, 9.17) is 4.42 Å². The van der Waals surface area contributed by atoms with Gasteiger partial charge in [-0.3, -0.25) is 14.9 Å². The summed E-state index contributed by atoms with van der Waals surface area (Å²) in [5.74, 6) is 0.990. The molecule has 3 aromatic heterocycles. The smallest absolute Gasteiger partial charge is 0.275 e. The third-order valence-corrected chi connectivity index (χ3v) is 6.06. The lowest BCUT2D eigenvalue weighted by Gasteiger charge is -1.98. The zero-order valence-corrected chi connectivity index (χ0v) is 16.9. The molecule has 2 aromatic carbocycles. The quantitative estimate of drug-likeness (QED) is 0.323. The number of hydrogen-bond acceptors (Lipinski definition) is 6. The van der Waals surface area contributed by atoms with E-state index in [1.54, 1.807) is 34.7 Å². The molecule has 7 nitrogen and oxygen atoms in total. The maximum atomic E-state index is 13.0. The fourth-order valence-electron chi connectivity index (χ4n) is 3.41. The van der Waals surface area contributed by atoms with Gasteiger partial charge in [0.15, 0.2) is 4.96 Å². The van der Waals surface area contributed by atoms with Crippen LogP contribution in [0.1, 0.15) is 16.9 Å². The van der Waals surface area contributed by atoms with E-state index < -0.39 is 4.92 Å². The standard InChI is InChI=1S/C22H15N3O4S/c1-12-8-17-18(9-13(12)2)24-21(26)20(30-22(24)23-17)11-16-6-7-19(29-16)14-4-3-5-15(10-14)25(27)28/h3-11H,1-2H3. The van der Waals surface area contributed by atoms with Gasteiger partial charge in [0.2, 0.25) is 0 Å². The molecule has 0 bridgehead atoms. The molecule has 0 aliphatic carbocycles. The summed E-state index contributed by atoms with van der Waals surface area (Å²) >= 11 is 1.30. The molecule has 0 fully saturated rings. The molecule has 8 heteroatoms. The fraction of sp³-hybridized carbons (Fsp3) is 0.0909. The predicted molar refractivity (Wildman–Crippen MR) is 116 cm³/mol. The molecular weight excluding hydrogens is 402 g/mol. The van der Waals surface area contributed by atoms with Gasteiger partial charge in [0.05, 0.1) is 16.0 Å². The molecule has 0 N–H and O–H groups in total. The molecule has 0 saturated heterocycles. The zero-order valence-electron chi connectivity index (χ0n) is 16.1. The summed E-state index contributed by atoms with van der Waals surface area (Å²) in [5, 5.41) is 11.0. The van der Waals surface area contributed by atoms with E-state index in [0.29, 0.717) is 26.6 Å². The topological polar surface area (TPSA) is 90.7 Å². The zero-order chi connectivity index (χ0) is 21.0. The first-order valence-corrected chi connectivity index (χ1v) is 10.0. The van der Waals surface area contributed by atoms with Gasteiger partial charge in [-0.15, -0.1) is 0 Å². The van der Waals surface area contributed by atoms with Crippen LogP contribution in [0.4, 0.5) is 5.69 Å². The number of nitro groups is 1. The molecule has 0 aliphatic heterocycles. The summed E-state index contributed by atoms with van der Waals surface area (Å²) in [6, 6.07) is 13.7. The van der Waals surface area contributed by atoms with Gasteiger partial charge in [-0.05, 0) is 49.2 Å². The summed E-state index contributed by atoms with van der Waals surface area (Å²) in [6.07, 6.45) is 1.68. The second-order valence-corrected chi connectivity index (χ2v) is 8.09. The molecule has 0 aliphatic rings. The van der Waals surface area contributed by atoms with Crippen molar-refractivity contribution in [1.82, 2.24) is 9.38 Å². The number of hydrogen-bond donors (Lipinski definition) is 0. The predicted octanol–water partition coefficient (Wildman–Crippen LogP) is 4.24. The van der Waals surface area contributed by atoms with Gasteiger partial charge in [-0.1, -0.05) is 23.5 Å². The number of thiazole rings is 1. The number of imidazole rings is 1. The van der Waals surface area contributed by atoms with Crippen LogP contribution in [0.2, 0.25) is 0 Å². The summed E-state index contributed by atoms with van der Waals surface area (Å²) in [5.41, 5.74) is 4.29. The maximum Gasteiger partial charge on any atom is 0.275 e. The largest absolute Gasteiger partial charge is 0.457 e. The average molecular weight is 417 g/mol. The molecule has 0 saturated carbocycles. The monoisotopic (exact) mass is 417 g/mol. The number of furan rings is 1. The van der Waals surface area contributed by atoms with Crippen molar-refractivity contribution in [2.24, 2.45) is 0 Å². The van der Waals surface area contributed by atoms with Gasteiger partial charge in [-0.2, -0.15) is 0 Å². The van der Waals surface area contributed by atoms with Crippen LogP contribution in [0.3, 0.4) is 0 Å². The highest BCUT2D eigenvalue weighted by molar-refractivity contribution is 7.15. The van der Waals surface area contributed by atoms with Gasteiger partial charge >= 0.3 is 0 Å². The van der Waals surface area contributed by atoms with Crippen molar-refractivity contribution in [2.45, 2.75) is 13.8 Å². The molecule has 0 radical (unpaired) electrons. The Labute approximate surface area is 173 Å². The molecule has 0 atom stereocenters. The number of nitro benzene ring substituents is 1. The summed E-state index contributed by atoms with van der Waals surface area (Å²) in [7, 11) is 0. The average Bonchev–Trinajstić information content (AvgIpc) is 3.39. The highest BCUT2D eigenvalue weighted by atomic mass is 32.1. The number of non-ortho nitro benzene ring substituents is 1. The van der Waals surface area contributed by atoms with E-state index in [-0.39, 0.29) is 11.2 Å². The second kappa shape index (κ2) is 6.64. The minimum Gasteiger partial charge on any atom is -0.457 e. The molecule has 3 heterocycles. The van der Waals surface area contributed by atoms with Crippen LogP contribution >= 0.6 is 11.3 Å². The third-order valence-electron chi connectivity index (χ3n) is 5.10. The van der Waals surface area contributed by atoms with E-state index >= 15 is 0 Å². The van der Waals surface area contributed by atoms with Crippen molar-refractivity contribution in [3.05, 3.63) is 90.4 Å². The highest BCUT2D eigenvalue weighted by Gasteiger charge is 2.13. The minimum atomic E-state index is -0.446. The van der Waals surface area contributed by atoms with Crippen molar-refractivity contribution in [2.75, 3.05) is 0 Å².